The van der Waals surface area contributed by atoms with Gasteiger partial charge in [0.05, 0.1) is 5.39 Å². The van der Waals surface area contributed by atoms with Crippen LogP contribution >= 0.6 is 23.1 Å². The van der Waals surface area contributed by atoms with E-state index in [1.807, 2.05) is 25.1 Å². The lowest BCUT2D eigenvalue weighted by atomic mass is 9.89. The van der Waals surface area contributed by atoms with Crippen LogP contribution in [-0.2, 0) is 25.1 Å². The van der Waals surface area contributed by atoms with Crippen LogP contribution in [0, 0.1) is 5.92 Å². The van der Waals surface area contributed by atoms with Crippen molar-refractivity contribution in [2.45, 2.75) is 50.6 Å². The number of fused-ring (bicyclic) bond motifs is 4. The van der Waals surface area contributed by atoms with Gasteiger partial charge in [-0.2, -0.15) is 0 Å². The zero-order valence-corrected chi connectivity index (χ0v) is 18.8. The second kappa shape index (κ2) is 7.78. The second-order valence-corrected chi connectivity index (χ2v) is 10.3. The first-order valence-electron chi connectivity index (χ1n) is 10.2. The molecular formula is C23H24N2O3S2. The largest absolute Gasteiger partial charge is 0.454 e. The van der Waals surface area contributed by atoms with Crippen LogP contribution in [0.2, 0.25) is 0 Å². The molecule has 3 heterocycles. The Bertz CT molecular complexity index is 1210. The SMILES string of the molecule is C=C(C)Cn1c(SCc2ccc3c(c2)OCO3)nc2sc3c(c2c1=O)CC[C@@H](C)C3. The van der Waals surface area contributed by atoms with Crippen LogP contribution in [0.3, 0.4) is 0 Å². The van der Waals surface area contributed by atoms with E-state index in [1.54, 1.807) is 27.7 Å². The van der Waals surface area contributed by atoms with Crippen LogP contribution in [0.25, 0.3) is 10.2 Å². The Hall–Kier alpha value is -2.25. The highest BCUT2D eigenvalue weighted by Crippen LogP contribution is 2.38. The highest BCUT2D eigenvalue weighted by Gasteiger charge is 2.25. The lowest BCUT2D eigenvalue weighted by molar-refractivity contribution is 0.174. The van der Waals surface area contributed by atoms with Crippen molar-refractivity contribution >= 4 is 33.3 Å². The summed E-state index contributed by atoms with van der Waals surface area (Å²) < 4.78 is 12.7. The number of benzene rings is 1. The van der Waals surface area contributed by atoms with Gasteiger partial charge in [-0.05, 0) is 55.4 Å². The fourth-order valence-corrected chi connectivity index (χ4v) is 6.47. The molecule has 2 aliphatic rings. The van der Waals surface area contributed by atoms with Crippen molar-refractivity contribution in [3.8, 4) is 11.5 Å². The van der Waals surface area contributed by atoms with Gasteiger partial charge in [-0.3, -0.25) is 9.36 Å². The van der Waals surface area contributed by atoms with Gasteiger partial charge in [-0.25, -0.2) is 4.98 Å². The third-order valence-corrected chi connectivity index (χ3v) is 7.81. The molecule has 2 aromatic heterocycles. The van der Waals surface area contributed by atoms with Gasteiger partial charge in [0.1, 0.15) is 4.83 Å². The minimum atomic E-state index is 0.0724. The number of thioether (sulfide) groups is 1. The number of aryl methyl sites for hydroxylation is 1. The number of nitrogens with zero attached hydrogens (tertiary/aromatic N) is 2. The van der Waals surface area contributed by atoms with Gasteiger partial charge < -0.3 is 9.47 Å². The van der Waals surface area contributed by atoms with E-state index in [4.69, 9.17) is 14.5 Å². The first-order valence-corrected chi connectivity index (χ1v) is 12.0. The predicted molar refractivity (Wildman–Crippen MR) is 122 cm³/mol. The van der Waals surface area contributed by atoms with Crippen molar-refractivity contribution in [2.24, 2.45) is 5.92 Å². The number of ether oxygens (including phenoxy) is 2. The molecule has 0 N–H and O–H groups in total. The topological polar surface area (TPSA) is 53.4 Å². The normalized spacial score (nSPS) is 17.3. The Morgan fingerprint density at radius 2 is 2.20 bits per heavy atom. The van der Waals surface area contributed by atoms with Gasteiger partial charge in [0.15, 0.2) is 16.7 Å². The summed E-state index contributed by atoms with van der Waals surface area (Å²) in [4.78, 5) is 20.7. The third kappa shape index (κ3) is 3.54. The Morgan fingerprint density at radius 3 is 3.03 bits per heavy atom. The van der Waals surface area contributed by atoms with Gasteiger partial charge >= 0.3 is 0 Å². The maximum absolute atomic E-state index is 13.5. The fraction of sp³-hybridized carbons (Fsp3) is 0.391. The van der Waals surface area contributed by atoms with E-state index in [9.17, 15) is 4.79 Å². The van der Waals surface area contributed by atoms with E-state index >= 15 is 0 Å². The minimum Gasteiger partial charge on any atom is -0.454 e. The highest BCUT2D eigenvalue weighted by molar-refractivity contribution is 7.98. The van der Waals surface area contributed by atoms with E-state index in [-0.39, 0.29) is 12.4 Å². The van der Waals surface area contributed by atoms with E-state index in [2.05, 4.69) is 13.5 Å². The maximum Gasteiger partial charge on any atom is 0.263 e. The monoisotopic (exact) mass is 440 g/mol. The average Bonchev–Trinajstić information content (AvgIpc) is 3.31. The lowest BCUT2D eigenvalue weighted by Crippen LogP contribution is -2.24. The third-order valence-electron chi connectivity index (χ3n) is 5.61. The molecule has 0 unspecified atom stereocenters. The molecule has 5 rings (SSSR count). The van der Waals surface area contributed by atoms with Crippen LogP contribution in [0.15, 0.2) is 40.3 Å². The van der Waals surface area contributed by atoms with E-state index < -0.39 is 0 Å². The summed E-state index contributed by atoms with van der Waals surface area (Å²) >= 11 is 3.28. The molecule has 1 aliphatic heterocycles. The molecule has 7 heteroatoms. The van der Waals surface area contributed by atoms with Crippen molar-refractivity contribution < 1.29 is 9.47 Å². The van der Waals surface area contributed by atoms with Crippen molar-refractivity contribution in [1.82, 2.24) is 9.55 Å². The van der Waals surface area contributed by atoms with Crippen molar-refractivity contribution in [2.75, 3.05) is 6.79 Å². The van der Waals surface area contributed by atoms with Crippen LogP contribution in [0.5, 0.6) is 11.5 Å². The van der Waals surface area contributed by atoms with Gasteiger partial charge in [0, 0.05) is 17.2 Å². The summed E-state index contributed by atoms with van der Waals surface area (Å²) in [5.74, 6) is 2.92. The molecule has 3 aromatic rings. The summed E-state index contributed by atoms with van der Waals surface area (Å²) in [5, 5.41) is 1.58. The molecule has 0 radical (unpaired) electrons. The first kappa shape index (κ1) is 19.7. The molecule has 1 atom stereocenters. The number of hydrogen-bond donors (Lipinski definition) is 0. The Kier molecular flexibility index (Phi) is 5.11. The molecule has 0 bridgehead atoms. The summed E-state index contributed by atoms with van der Waals surface area (Å²) in [6.45, 7) is 9.03. The van der Waals surface area contributed by atoms with E-state index in [0.29, 0.717) is 18.2 Å². The summed E-state index contributed by atoms with van der Waals surface area (Å²) in [6, 6.07) is 5.97. The number of aromatic nitrogens is 2. The number of allylic oxidation sites excluding steroid dienone is 1. The number of thiophene rings is 1. The standard InChI is InChI=1S/C23H24N2O3S2/c1-13(2)10-25-22(26)20-16-6-4-14(3)8-19(16)30-21(20)24-23(25)29-11-15-5-7-17-18(9-15)28-12-27-17/h5,7,9,14H,1,4,6,8,10-12H2,2-3H3/t14-/m1/s1. The van der Waals surface area contributed by atoms with Crippen LogP contribution in [0.1, 0.15) is 36.3 Å². The van der Waals surface area contributed by atoms with E-state index in [0.717, 1.165) is 57.3 Å². The highest BCUT2D eigenvalue weighted by atomic mass is 32.2. The van der Waals surface area contributed by atoms with Gasteiger partial charge in [0.2, 0.25) is 6.79 Å². The van der Waals surface area contributed by atoms with Gasteiger partial charge in [-0.15, -0.1) is 11.3 Å². The zero-order chi connectivity index (χ0) is 20.8. The Morgan fingerprint density at radius 1 is 1.37 bits per heavy atom. The molecular weight excluding hydrogens is 416 g/mol. The molecule has 0 saturated carbocycles. The molecule has 0 fully saturated rings. The van der Waals surface area contributed by atoms with Gasteiger partial charge in [0.25, 0.3) is 5.56 Å². The van der Waals surface area contributed by atoms with E-state index in [1.165, 1.54) is 10.4 Å². The summed E-state index contributed by atoms with van der Waals surface area (Å²) in [6.07, 6.45) is 3.17. The maximum atomic E-state index is 13.5. The van der Waals surface area contributed by atoms with Gasteiger partial charge in [-0.1, -0.05) is 36.9 Å². The molecule has 0 spiro atoms. The molecule has 156 valence electrons. The Balaban J connectivity index is 1.53. The quantitative estimate of drug-likeness (QED) is 0.311. The molecule has 1 aliphatic carbocycles. The number of hydrogen-bond acceptors (Lipinski definition) is 6. The summed E-state index contributed by atoms with van der Waals surface area (Å²) in [7, 11) is 0. The minimum absolute atomic E-state index is 0.0724. The average molecular weight is 441 g/mol. The first-order chi connectivity index (χ1) is 14.5. The fourth-order valence-electron chi connectivity index (χ4n) is 4.10. The molecule has 30 heavy (non-hydrogen) atoms. The number of rotatable bonds is 5. The van der Waals surface area contributed by atoms with Crippen LogP contribution < -0.4 is 15.0 Å². The molecule has 1 aromatic carbocycles. The molecule has 0 amide bonds. The van der Waals surface area contributed by atoms with Crippen LogP contribution in [-0.4, -0.2) is 16.3 Å². The lowest BCUT2D eigenvalue weighted by Gasteiger charge is -2.17. The van der Waals surface area contributed by atoms with Crippen molar-refractivity contribution in [3.05, 3.63) is 56.7 Å². The zero-order valence-electron chi connectivity index (χ0n) is 17.2. The predicted octanol–water partition coefficient (Wildman–Crippen LogP) is 5.18. The Labute approximate surface area is 183 Å². The summed E-state index contributed by atoms with van der Waals surface area (Å²) in [5.41, 5.74) is 3.36. The van der Waals surface area contributed by atoms with Crippen molar-refractivity contribution in [1.29, 1.82) is 0 Å². The van der Waals surface area contributed by atoms with Crippen molar-refractivity contribution in [3.63, 3.8) is 0 Å². The second-order valence-electron chi connectivity index (χ2n) is 8.25. The molecule has 5 nitrogen and oxygen atoms in total. The molecule has 0 saturated heterocycles. The van der Waals surface area contributed by atoms with Crippen LogP contribution in [0.4, 0.5) is 0 Å². The smallest absolute Gasteiger partial charge is 0.263 e.